The van der Waals surface area contributed by atoms with Gasteiger partial charge in [-0.25, -0.2) is 4.98 Å². The molecule has 0 aliphatic carbocycles. The van der Waals surface area contributed by atoms with Gasteiger partial charge in [0.1, 0.15) is 5.82 Å². The average molecular weight is 256 g/mol. The molecule has 0 fully saturated rings. The van der Waals surface area contributed by atoms with E-state index in [9.17, 15) is 0 Å². The molecule has 1 heterocycles. The van der Waals surface area contributed by atoms with Gasteiger partial charge in [0.25, 0.3) is 0 Å². The number of aromatic nitrogens is 2. The molecule has 19 heavy (non-hydrogen) atoms. The van der Waals surface area contributed by atoms with Gasteiger partial charge in [-0.05, 0) is 19.4 Å². The number of anilines is 2. The highest BCUT2D eigenvalue weighted by molar-refractivity contribution is 5.49. The number of nitrogens with zero attached hydrogens (tertiary/aromatic N) is 3. The van der Waals surface area contributed by atoms with E-state index in [-0.39, 0.29) is 0 Å². The van der Waals surface area contributed by atoms with Gasteiger partial charge in [-0.3, -0.25) is 0 Å². The lowest BCUT2D eigenvalue weighted by molar-refractivity contribution is 0.805. The normalized spacial score (nSPS) is 10.3. The van der Waals surface area contributed by atoms with Gasteiger partial charge in [0, 0.05) is 31.9 Å². The molecule has 0 atom stereocenters. The maximum atomic E-state index is 4.56. The predicted octanol–water partition coefficient (Wildman–Crippen LogP) is 2.85. The van der Waals surface area contributed by atoms with E-state index in [1.807, 2.05) is 26.2 Å². The first-order valence-electron chi connectivity index (χ1n) is 6.55. The molecule has 0 aliphatic heterocycles. The molecule has 0 unspecified atom stereocenters. The third kappa shape index (κ3) is 3.22. The van der Waals surface area contributed by atoms with E-state index in [2.05, 4.69) is 51.4 Å². The van der Waals surface area contributed by atoms with Gasteiger partial charge in [-0.2, -0.15) is 4.98 Å². The Morgan fingerprint density at radius 3 is 2.58 bits per heavy atom. The number of rotatable bonds is 5. The third-order valence-corrected chi connectivity index (χ3v) is 3.07. The summed E-state index contributed by atoms with van der Waals surface area (Å²) in [7, 11) is 1.84. The van der Waals surface area contributed by atoms with Crippen LogP contribution in [-0.4, -0.2) is 23.6 Å². The lowest BCUT2D eigenvalue weighted by Crippen LogP contribution is -2.24. The van der Waals surface area contributed by atoms with Gasteiger partial charge in [-0.1, -0.05) is 30.3 Å². The van der Waals surface area contributed by atoms with Crippen molar-refractivity contribution >= 4 is 11.8 Å². The first-order chi connectivity index (χ1) is 9.24. The van der Waals surface area contributed by atoms with Crippen LogP contribution in [0.3, 0.4) is 0 Å². The van der Waals surface area contributed by atoms with Crippen molar-refractivity contribution in [2.45, 2.75) is 20.4 Å². The van der Waals surface area contributed by atoms with Crippen molar-refractivity contribution in [3.63, 3.8) is 0 Å². The van der Waals surface area contributed by atoms with Gasteiger partial charge < -0.3 is 10.2 Å². The van der Waals surface area contributed by atoms with Crippen LogP contribution in [0, 0.1) is 6.92 Å². The Labute approximate surface area is 114 Å². The van der Waals surface area contributed by atoms with Crippen molar-refractivity contribution in [3.8, 4) is 0 Å². The maximum Gasteiger partial charge on any atom is 0.224 e. The summed E-state index contributed by atoms with van der Waals surface area (Å²) in [6.45, 7) is 5.96. The molecule has 2 rings (SSSR count). The topological polar surface area (TPSA) is 41.1 Å². The van der Waals surface area contributed by atoms with Crippen LogP contribution < -0.4 is 10.2 Å². The quantitative estimate of drug-likeness (QED) is 0.893. The summed E-state index contributed by atoms with van der Waals surface area (Å²) < 4.78 is 0. The third-order valence-electron chi connectivity index (χ3n) is 3.07. The second-order valence-electron chi connectivity index (χ2n) is 4.45. The molecular formula is C15H20N4. The lowest BCUT2D eigenvalue weighted by Gasteiger charge is -2.24. The Kier molecular flexibility index (Phi) is 4.34. The first-order valence-corrected chi connectivity index (χ1v) is 6.55. The van der Waals surface area contributed by atoms with E-state index < -0.39 is 0 Å². The second kappa shape index (κ2) is 6.18. The lowest BCUT2D eigenvalue weighted by atomic mass is 10.2. The van der Waals surface area contributed by atoms with Crippen LogP contribution in [-0.2, 0) is 6.54 Å². The summed E-state index contributed by atoms with van der Waals surface area (Å²) in [5.41, 5.74) is 2.38. The van der Waals surface area contributed by atoms with E-state index in [0.717, 1.165) is 24.5 Å². The number of nitrogens with one attached hydrogen (secondary N) is 1. The largest absolute Gasteiger partial charge is 0.357 e. The molecule has 0 radical (unpaired) electrons. The minimum Gasteiger partial charge on any atom is -0.357 e. The van der Waals surface area contributed by atoms with Crippen LogP contribution >= 0.6 is 0 Å². The molecular weight excluding hydrogens is 236 g/mol. The molecule has 100 valence electrons. The summed E-state index contributed by atoms with van der Waals surface area (Å²) in [5.74, 6) is 1.65. The highest BCUT2D eigenvalue weighted by Gasteiger charge is 2.11. The van der Waals surface area contributed by atoms with E-state index in [0.29, 0.717) is 5.95 Å². The smallest absolute Gasteiger partial charge is 0.224 e. The Morgan fingerprint density at radius 2 is 1.95 bits per heavy atom. The van der Waals surface area contributed by atoms with E-state index in [1.165, 1.54) is 5.56 Å². The predicted molar refractivity (Wildman–Crippen MR) is 79.5 cm³/mol. The van der Waals surface area contributed by atoms with Crippen LogP contribution in [0.4, 0.5) is 11.8 Å². The van der Waals surface area contributed by atoms with Crippen LogP contribution in [0.2, 0.25) is 0 Å². The second-order valence-corrected chi connectivity index (χ2v) is 4.45. The Bertz CT molecular complexity index is 525. The number of aryl methyl sites for hydroxylation is 1. The zero-order chi connectivity index (χ0) is 13.7. The fraction of sp³-hybridized carbons (Fsp3) is 0.333. The highest BCUT2D eigenvalue weighted by Crippen LogP contribution is 2.19. The molecule has 0 aliphatic rings. The standard InChI is InChI=1S/C15H20N4/c1-4-19(11-13-8-6-5-7-9-13)14-12(2)10-17-15(16-3)18-14/h5-10H,4,11H2,1-3H3,(H,16,17,18). The molecule has 0 amide bonds. The molecule has 0 saturated heterocycles. The fourth-order valence-corrected chi connectivity index (χ4v) is 2.01. The van der Waals surface area contributed by atoms with Gasteiger partial charge in [-0.15, -0.1) is 0 Å². The Balaban J connectivity index is 2.26. The number of hydrogen-bond acceptors (Lipinski definition) is 4. The zero-order valence-electron chi connectivity index (χ0n) is 11.7. The van der Waals surface area contributed by atoms with Crippen molar-refractivity contribution in [1.29, 1.82) is 0 Å². The average Bonchev–Trinajstić information content (AvgIpc) is 2.47. The van der Waals surface area contributed by atoms with Crippen molar-refractivity contribution in [2.75, 3.05) is 23.8 Å². The van der Waals surface area contributed by atoms with Crippen LogP contribution in [0.25, 0.3) is 0 Å². The summed E-state index contributed by atoms with van der Waals surface area (Å²) >= 11 is 0. The molecule has 4 nitrogen and oxygen atoms in total. The molecule has 0 saturated carbocycles. The minimum atomic E-state index is 0.659. The van der Waals surface area contributed by atoms with Crippen LogP contribution in [0.5, 0.6) is 0 Å². The van der Waals surface area contributed by atoms with Crippen LogP contribution in [0.1, 0.15) is 18.1 Å². The Hall–Kier alpha value is -2.10. The SMILES string of the molecule is CCN(Cc1ccccc1)c1nc(NC)ncc1C. The van der Waals surface area contributed by atoms with E-state index >= 15 is 0 Å². The van der Waals surface area contributed by atoms with Gasteiger partial charge >= 0.3 is 0 Å². The fourth-order valence-electron chi connectivity index (χ4n) is 2.01. The number of benzene rings is 1. The Morgan fingerprint density at radius 1 is 1.21 bits per heavy atom. The summed E-state index contributed by atoms with van der Waals surface area (Å²) in [4.78, 5) is 11.1. The van der Waals surface area contributed by atoms with Gasteiger partial charge in [0.15, 0.2) is 0 Å². The van der Waals surface area contributed by atoms with E-state index in [4.69, 9.17) is 0 Å². The van der Waals surface area contributed by atoms with Crippen molar-refractivity contribution in [1.82, 2.24) is 9.97 Å². The molecule has 2 aromatic rings. The summed E-state index contributed by atoms with van der Waals surface area (Å²) in [5, 5.41) is 2.99. The maximum absolute atomic E-state index is 4.56. The minimum absolute atomic E-state index is 0.659. The highest BCUT2D eigenvalue weighted by atomic mass is 15.2. The first kappa shape index (κ1) is 13.3. The molecule has 0 bridgehead atoms. The number of hydrogen-bond donors (Lipinski definition) is 1. The zero-order valence-corrected chi connectivity index (χ0v) is 11.7. The van der Waals surface area contributed by atoms with Crippen molar-refractivity contribution < 1.29 is 0 Å². The molecule has 1 aromatic carbocycles. The summed E-state index contributed by atoms with van der Waals surface area (Å²) in [6, 6.07) is 10.4. The van der Waals surface area contributed by atoms with Gasteiger partial charge in [0.05, 0.1) is 0 Å². The van der Waals surface area contributed by atoms with Crippen molar-refractivity contribution in [3.05, 3.63) is 47.7 Å². The van der Waals surface area contributed by atoms with Gasteiger partial charge in [0.2, 0.25) is 5.95 Å². The molecule has 0 spiro atoms. The van der Waals surface area contributed by atoms with E-state index in [1.54, 1.807) is 0 Å². The monoisotopic (exact) mass is 256 g/mol. The molecule has 4 heteroatoms. The van der Waals surface area contributed by atoms with Crippen LogP contribution in [0.15, 0.2) is 36.5 Å². The molecule has 1 N–H and O–H groups in total. The molecule has 1 aromatic heterocycles. The summed E-state index contributed by atoms with van der Waals surface area (Å²) in [6.07, 6.45) is 1.86. The van der Waals surface area contributed by atoms with Crippen molar-refractivity contribution in [2.24, 2.45) is 0 Å².